The van der Waals surface area contributed by atoms with Gasteiger partial charge in [-0.3, -0.25) is 9.59 Å². The summed E-state index contributed by atoms with van der Waals surface area (Å²) in [7, 11) is 1.98. The molecule has 2 rings (SSSR count). The van der Waals surface area contributed by atoms with Crippen molar-refractivity contribution in [3.63, 3.8) is 0 Å². The number of quaternary nitrogens is 1. The first-order chi connectivity index (χ1) is 12.0. The van der Waals surface area contributed by atoms with Crippen molar-refractivity contribution in [3.05, 3.63) is 51.7 Å². The summed E-state index contributed by atoms with van der Waals surface area (Å²) in [6.45, 7) is 5.27. The Morgan fingerprint density at radius 3 is 2.60 bits per heavy atom. The van der Waals surface area contributed by atoms with Gasteiger partial charge in [0.25, 0.3) is 5.91 Å². The van der Waals surface area contributed by atoms with Gasteiger partial charge in [0, 0.05) is 5.69 Å². The molecule has 134 valence electrons. The Kier molecular flexibility index (Phi) is 7.16. The van der Waals surface area contributed by atoms with Crippen LogP contribution in [-0.4, -0.2) is 32.0 Å². The minimum atomic E-state index is -0.207. The summed E-state index contributed by atoms with van der Waals surface area (Å²) in [4.78, 5) is 26.5. The first-order valence-electron chi connectivity index (χ1n) is 8.48. The lowest BCUT2D eigenvalue weighted by Crippen LogP contribution is -3.08. The van der Waals surface area contributed by atoms with Crippen LogP contribution in [0.3, 0.4) is 0 Å². The molecule has 0 saturated heterocycles. The van der Waals surface area contributed by atoms with Crippen molar-refractivity contribution in [2.75, 3.05) is 25.5 Å². The van der Waals surface area contributed by atoms with Crippen LogP contribution >= 0.6 is 11.3 Å². The number of rotatable bonds is 8. The van der Waals surface area contributed by atoms with E-state index in [0.717, 1.165) is 29.1 Å². The number of benzene rings is 1. The molecular weight excluding hydrogens is 334 g/mol. The van der Waals surface area contributed by atoms with Crippen LogP contribution in [0.5, 0.6) is 0 Å². The molecule has 0 radical (unpaired) electrons. The van der Waals surface area contributed by atoms with Gasteiger partial charge in [-0.2, -0.15) is 0 Å². The fourth-order valence-corrected chi connectivity index (χ4v) is 3.60. The highest BCUT2D eigenvalue weighted by molar-refractivity contribution is 7.10. The number of nitrogens with one attached hydrogen (secondary N) is 3. The van der Waals surface area contributed by atoms with Crippen molar-refractivity contribution >= 4 is 28.8 Å². The highest BCUT2D eigenvalue weighted by atomic mass is 32.1. The lowest BCUT2D eigenvalue weighted by molar-refractivity contribution is -0.885. The molecule has 0 aliphatic heterocycles. The van der Waals surface area contributed by atoms with Gasteiger partial charge in [0.1, 0.15) is 6.54 Å². The first kappa shape index (κ1) is 19.1. The summed E-state index contributed by atoms with van der Waals surface area (Å²) in [6.07, 6.45) is 0.846. The van der Waals surface area contributed by atoms with Crippen LogP contribution in [0.2, 0.25) is 0 Å². The lowest BCUT2D eigenvalue weighted by Gasteiger charge is -2.14. The maximum atomic E-state index is 12.0. The Labute approximate surface area is 153 Å². The third-order valence-electron chi connectivity index (χ3n) is 4.01. The molecule has 0 saturated carbocycles. The molecule has 6 heteroatoms. The molecule has 1 atom stereocenters. The number of hydrogen-bond acceptors (Lipinski definition) is 3. The summed E-state index contributed by atoms with van der Waals surface area (Å²) in [6, 6.07) is 9.78. The first-order valence-corrected chi connectivity index (χ1v) is 9.36. The predicted molar refractivity (Wildman–Crippen MR) is 102 cm³/mol. The second kappa shape index (κ2) is 9.34. The zero-order valence-electron chi connectivity index (χ0n) is 15.0. The molecule has 0 spiro atoms. The molecule has 5 nitrogen and oxygen atoms in total. The van der Waals surface area contributed by atoms with Crippen molar-refractivity contribution in [3.8, 4) is 0 Å². The van der Waals surface area contributed by atoms with Gasteiger partial charge >= 0.3 is 0 Å². The minimum Gasteiger partial charge on any atom is -0.342 e. The van der Waals surface area contributed by atoms with E-state index in [1.807, 2.05) is 38.2 Å². The Hall–Kier alpha value is -2.18. The molecule has 0 aliphatic rings. The summed E-state index contributed by atoms with van der Waals surface area (Å²) in [5, 5.41) is 7.62. The van der Waals surface area contributed by atoms with Crippen molar-refractivity contribution < 1.29 is 14.5 Å². The fourth-order valence-electron chi connectivity index (χ4n) is 2.58. The molecule has 0 aliphatic carbocycles. The standard InChI is InChI=1S/C19H25N3O2S/c1-4-15-7-5-6-8-16(15)21-18(23)11-20-19(24)13-22(3)12-17-14(2)9-10-25-17/h5-10H,4,11-13H2,1-3H3,(H,20,24)(H,21,23)/p+1. The van der Waals surface area contributed by atoms with Gasteiger partial charge in [0.2, 0.25) is 5.91 Å². The number of likely N-dealkylation sites (N-methyl/N-ethyl adjacent to an activating group) is 1. The summed E-state index contributed by atoms with van der Waals surface area (Å²) in [5.74, 6) is -0.327. The number of carbonyl (C=O) groups is 2. The topological polar surface area (TPSA) is 62.6 Å². The largest absolute Gasteiger partial charge is 0.342 e. The van der Waals surface area contributed by atoms with Crippen LogP contribution in [0.15, 0.2) is 35.7 Å². The third-order valence-corrected chi connectivity index (χ3v) is 5.03. The van der Waals surface area contributed by atoms with Crippen LogP contribution in [-0.2, 0) is 22.6 Å². The summed E-state index contributed by atoms with van der Waals surface area (Å²) in [5.41, 5.74) is 3.15. The Balaban J connectivity index is 1.75. The van der Waals surface area contributed by atoms with Gasteiger partial charge in [-0.1, -0.05) is 25.1 Å². The molecule has 1 aromatic heterocycles. The molecule has 2 amide bonds. The third kappa shape index (κ3) is 5.99. The molecule has 3 N–H and O–H groups in total. The van der Waals surface area contributed by atoms with Gasteiger partial charge in [0.05, 0.1) is 18.5 Å². The highest BCUT2D eigenvalue weighted by Crippen LogP contribution is 2.15. The number of aryl methyl sites for hydroxylation is 2. The number of para-hydroxylation sites is 1. The number of thiophene rings is 1. The predicted octanol–water partition coefficient (Wildman–Crippen LogP) is 1.39. The number of amides is 2. The highest BCUT2D eigenvalue weighted by Gasteiger charge is 2.14. The molecule has 1 unspecified atom stereocenters. The zero-order valence-corrected chi connectivity index (χ0v) is 15.8. The maximum Gasteiger partial charge on any atom is 0.275 e. The lowest BCUT2D eigenvalue weighted by atomic mass is 10.1. The van der Waals surface area contributed by atoms with Crippen molar-refractivity contribution in [1.29, 1.82) is 0 Å². The van der Waals surface area contributed by atoms with Crippen LogP contribution in [0, 0.1) is 6.92 Å². The van der Waals surface area contributed by atoms with Gasteiger partial charge < -0.3 is 15.5 Å². The fraction of sp³-hybridized carbons (Fsp3) is 0.368. The van der Waals surface area contributed by atoms with E-state index >= 15 is 0 Å². The molecule has 0 bridgehead atoms. The number of anilines is 1. The van der Waals surface area contributed by atoms with Crippen LogP contribution < -0.4 is 15.5 Å². The SMILES string of the molecule is CCc1ccccc1NC(=O)CNC(=O)C[NH+](C)Cc1sccc1C. The second-order valence-electron chi connectivity index (χ2n) is 6.17. The minimum absolute atomic E-state index is 0.0117. The molecule has 25 heavy (non-hydrogen) atoms. The van der Waals surface area contributed by atoms with E-state index < -0.39 is 0 Å². The molecule has 2 aromatic rings. The van der Waals surface area contributed by atoms with E-state index in [1.54, 1.807) is 11.3 Å². The van der Waals surface area contributed by atoms with Crippen LogP contribution in [0.1, 0.15) is 22.9 Å². The van der Waals surface area contributed by atoms with E-state index in [-0.39, 0.29) is 18.4 Å². The van der Waals surface area contributed by atoms with Crippen molar-refractivity contribution in [1.82, 2.24) is 5.32 Å². The maximum absolute atomic E-state index is 12.0. The van der Waals surface area contributed by atoms with Crippen molar-refractivity contribution in [2.45, 2.75) is 26.8 Å². The van der Waals surface area contributed by atoms with E-state index in [2.05, 4.69) is 29.0 Å². The second-order valence-corrected chi connectivity index (χ2v) is 7.17. The molecule has 1 heterocycles. The van der Waals surface area contributed by atoms with E-state index in [4.69, 9.17) is 0 Å². The number of carbonyl (C=O) groups excluding carboxylic acids is 2. The average Bonchev–Trinajstić information content (AvgIpc) is 2.98. The Bertz CT molecular complexity index is 727. The molecule has 0 fully saturated rings. The normalized spacial score (nSPS) is 11.8. The van der Waals surface area contributed by atoms with E-state index in [9.17, 15) is 9.59 Å². The molecular formula is C19H26N3O2S+. The number of hydrogen-bond donors (Lipinski definition) is 3. The summed E-state index contributed by atoms with van der Waals surface area (Å²) >= 11 is 1.71. The quantitative estimate of drug-likeness (QED) is 0.666. The van der Waals surface area contributed by atoms with E-state index in [1.165, 1.54) is 10.4 Å². The summed E-state index contributed by atoms with van der Waals surface area (Å²) < 4.78 is 0. The Morgan fingerprint density at radius 1 is 1.16 bits per heavy atom. The monoisotopic (exact) mass is 360 g/mol. The van der Waals surface area contributed by atoms with Gasteiger partial charge in [0.15, 0.2) is 6.54 Å². The van der Waals surface area contributed by atoms with Crippen LogP contribution in [0.25, 0.3) is 0 Å². The zero-order chi connectivity index (χ0) is 18.2. The van der Waals surface area contributed by atoms with Gasteiger partial charge in [-0.25, -0.2) is 0 Å². The van der Waals surface area contributed by atoms with Gasteiger partial charge in [-0.15, -0.1) is 11.3 Å². The van der Waals surface area contributed by atoms with Crippen LogP contribution in [0.4, 0.5) is 5.69 Å². The Morgan fingerprint density at radius 2 is 1.92 bits per heavy atom. The van der Waals surface area contributed by atoms with Gasteiger partial charge in [-0.05, 0) is 42.0 Å². The van der Waals surface area contributed by atoms with Crippen molar-refractivity contribution in [2.24, 2.45) is 0 Å². The smallest absolute Gasteiger partial charge is 0.275 e. The average molecular weight is 361 g/mol. The molecule has 1 aromatic carbocycles. The van der Waals surface area contributed by atoms with E-state index in [0.29, 0.717) is 6.54 Å².